The Hall–Kier alpha value is -1.02. The summed E-state index contributed by atoms with van der Waals surface area (Å²) in [5.41, 5.74) is 5.68. The lowest BCUT2D eigenvalue weighted by Crippen LogP contribution is -2.12. The van der Waals surface area contributed by atoms with Crippen molar-refractivity contribution in [3.63, 3.8) is 0 Å². The zero-order chi connectivity index (χ0) is 11.7. The van der Waals surface area contributed by atoms with Crippen LogP contribution in [0.15, 0.2) is 24.3 Å². The number of aromatic nitrogens is 1. The fraction of sp³-hybridized carbons (Fsp3) is 0. The smallest absolute Gasteiger partial charge is 0.268 e. The Labute approximate surface area is 109 Å². The third-order valence-corrected chi connectivity index (χ3v) is 3.73. The summed E-state index contributed by atoms with van der Waals surface area (Å²) < 4.78 is 14.2. The maximum Gasteiger partial charge on any atom is 0.268 e. The first kappa shape index (κ1) is 11.5. The predicted octanol–water partition coefficient (Wildman–Crippen LogP) is 2.65. The van der Waals surface area contributed by atoms with Gasteiger partial charge in [-0.25, -0.2) is 9.37 Å². The van der Waals surface area contributed by atoms with Gasteiger partial charge in [-0.3, -0.25) is 4.79 Å². The third-order valence-electron chi connectivity index (χ3n) is 1.95. The second-order valence-corrected chi connectivity index (χ2v) is 5.74. The van der Waals surface area contributed by atoms with Gasteiger partial charge in [-0.15, -0.1) is 11.3 Å². The lowest BCUT2D eigenvalue weighted by atomic mass is 10.1. The molecule has 82 valence electrons. The number of nitrogens with zero attached hydrogens (tertiary/aromatic N) is 1. The van der Waals surface area contributed by atoms with Gasteiger partial charge in [0.2, 0.25) is 0 Å². The molecule has 6 heteroatoms. The van der Waals surface area contributed by atoms with Crippen LogP contribution in [0.3, 0.4) is 0 Å². The Morgan fingerprint density at radius 2 is 2.12 bits per heavy atom. The molecule has 16 heavy (non-hydrogen) atoms. The van der Waals surface area contributed by atoms with Crippen molar-refractivity contribution in [1.82, 2.24) is 4.98 Å². The Bertz CT molecular complexity index is 556. The van der Waals surface area contributed by atoms with Gasteiger partial charge in [0.15, 0.2) is 3.01 Å². The predicted molar refractivity (Wildman–Crippen MR) is 68.7 cm³/mol. The van der Waals surface area contributed by atoms with Crippen molar-refractivity contribution >= 4 is 39.8 Å². The van der Waals surface area contributed by atoms with Gasteiger partial charge in [0.05, 0.1) is 4.88 Å². The number of primary amides is 1. The van der Waals surface area contributed by atoms with Crippen LogP contribution in [0.25, 0.3) is 10.4 Å². The van der Waals surface area contributed by atoms with Crippen molar-refractivity contribution in [2.75, 3.05) is 0 Å². The van der Waals surface area contributed by atoms with Crippen LogP contribution in [-0.4, -0.2) is 10.9 Å². The molecular formula is C10H6FIN2OS. The van der Waals surface area contributed by atoms with Gasteiger partial charge in [-0.2, -0.15) is 0 Å². The van der Waals surface area contributed by atoms with E-state index in [-0.39, 0.29) is 11.5 Å². The molecular weight excluding hydrogens is 342 g/mol. The molecule has 3 nitrogen and oxygen atoms in total. The minimum Gasteiger partial charge on any atom is -0.364 e. The first-order valence-electron chi connectivity index (χ1n) is 4.30. The summed E-state index contributed by atoms with van der Waals surface area (Å²) in [5.74, 6) is -1.03. The van der Waals surface area contributed by atoms with E-state index in [9.17, 15) is 9.18 Å². The monoisotopic (exact) mass is 348 g/mol. The highest BCUT2D eigenvalue weighted by molar-refractivity contribution is 14.1. The molecule has 1 aromatic heterocycles. The van der Waals surface area contributed by atoms with Crippen LogP contribution in [-0.2, 0) is 0 Å². The molecule has 0 saturated heterocycles. The normalized spacial score (nSPS) is 10.4. The Kier molecular flexibility index (Phi) is 3.20. The van der Waals surface area contributed by atoms with E-state index >= 15 is 0 Å². The molecule has 2 N–H and O–H groups in total. The number of nitrogens with two attached hydrogens (primary N) is 1. The van der Waals surface area contributed by atoms with Crippen LogP contribution in [0.1, 0.15) is 10.5 Å². The summed E-state index contributed by atoms with van der Waals surface area (Å²) >= 11 is 3.22. The van der Waals surface area contributed by atoms with Crippen molar-refractivity contribution < 1.29 is 9.18 Å². The number of rotatable bonds is 2. The molecule has 0 aliphatic carbocycles. The number of carbonyl (C=O) groups is 1. The topological polar surface area (TPSA) is 56.0 Å². The van der Waals surface area contributed by atoms with Gasteiger partial charge in [0, 0.05) is 5.56 Å². The molecule has 1 amide bonds. The van der Waals surface area contributed by atoms with E-state index in [1.165, 1.54) is 17.4 Å². The van der Waals surface area contributed by atoms with E-state index in [0.29, 0.717) is 13.5 Å². The molecule has 0 radical (unpaired) electrons. The van der Waals surface area contributed by atoms with Crippen LogP contribution >= 0.6 is 33.9 Å². The zero-order valence-corrected chi connectivity index (χ0v) is 10.9. The molecule has 2 rings (SSSR count). The van der Waals surface area contributed by atoms with Crippen LogP contribution in [0.4, 0.5) is 4.39 Å². The van der Waals surface area contributed by atoms with E-state index in [1.54, 1.807) is 18.2 Å². The molecule has 2 aromatic rings. The fourth-order valence-corrected chi connectivity index (χ4v) is 3.01. The highest BCUT2D eigenvalue weighted by atomic mass is 127. The van der Waals surface area contributed by atoms with E-state index in [4.69, 9.17) is 5.73 Å². The molecule has 0 spiro atoms. The molecule has 0 aliphatic rings. The maximum atomic E-state index is 13.6. The van der Waals surface area contributed by atoms with Crippen molar-refractivity contribution in [2.45, 2.75) is 0 Å². The number of hydrogen-bond acceptors (Lipinski definition) is 3. The van der Waals surface area contributed by atoms with E-state index in [2.05, 4.69) is 4.98 Å². The van der Waals surface area contributed by atoms with Crippen molar-refractivity contribution in [1.29, 1.82) is 0 Å². The molecule has 0 saturated carbocycles. The van der Waals surface area contributed by atoms with Crippen LogP contribution in [0.2, 0.25) is 0 Å². The molecule has 1 heterocycles. The minimum absolute atomic E-state index is 0.125. The average molecular weight is 348 g/mol. The molecule has 0 fully saturated rings. The van der Waals surface area contributed by atoms with Crippen molar-refractivity contribution in [2.24, 2.45) is 5.73 Å². The quantitative estimate of drug-likeness (QED) is 0.849. The molecule has 0 bridgehead atoms. The number of benzene rings is 1. The molecule has 0 atom stereocenters. The maximum absolute atomic E-state index is 13.6. The van der Waals surface area contributed by atoms with Crippen molar-refractivity contribution in [3.8, 4) is 10.4 Å². The van der Waals surface area contributed by atoms with Gasteiger partial charge < -0.3 is 5.73 Å². The first-order valence-corrected chi connectivity index (χ1v) is 6.20. The van der Waals surface area contributed by atoms with E-state index in [1.807, 2.05) is 22.6 Å². The fourth-order valence-electron chi connectivity index (χ4n) is 1.29. The van der Waals surface area contributed by atoms with Crippen molar-refractivity contribution in [3.05, 3.63) is 38.8 Å². The first-order chi connectivity index (χ1) is 7.59. The van der Waals surface area contributed by atoms with Gasteiger partial charge in [0.1, 0.15) is 11.5 Å². The highest BCUT2D eigenvalue weighted by Gasteiger charge is 2.18. The third kappa shape index (κ3) is 2.07. The summed E-state index contributed by atoms with van der Waals surface area (Å²) in [7, 11) is 0. The average Bonchev–Trinajstić information content (AvgIpc) is 2.61. The van der Waals surface area contributed by atoms with Gasteiger partial charge in [-0.1, -0.05) is 18.2 Å². The van der Waals surface area contributed by atoms with E-state index in [0.717, 1.165) is 0 Å². The highest BCUT2D eigenvalue weighted by Crippen LogP contribution is 2.32. The second kappa shape index (κ2) is 4.46. The minimum atomic E-state index is -0.641. The molecule has 0 aliphatic heterocycles. The van der Waals surface area contributed by atoms with Gasteiger partial charge in [-0.05, 0) is 28.7 Å². The summed E-state index contributed by atoms with van der Waals surface area (Å²) in [6.45, 7) is 0. The number of thiazole rings is 1. The summed E-state index contributed by atoms with van der Waals surface area (Å²) in [6.07, 6.45) is 0. The van der Waals surface area contributed by atoms with Gasteiger partial charge >= 0.3 is 0 Å². The lowest BCUT2D eigenvalue weighted by molar-refractivity contribution is 0.0996. The molecule has 1 aromatic carbocycles. The number of carbonyl (C=O) groups excluding carboxylic acids is 1. The zero-order valence-electron chi connectivity index (χ0n) is 7.91. The number of hydrogen-bond donors (Lipinski definition) is 1. The van der Waals surface area contributed by atoms with Crippen LogP contribution in [0, 0.1) is 8.83 Å². The standard InChI is InChI=1S/C10H6FIN2OS/c11-6-4-2-1-3-5(6)8-7(9(13)15)14-10(12)16-8/h1-4H,(H2,13,15). The Balaban J connectivity index is 2.64. The second-order valence-electron chi connectivity index (χ2n) is 2.99. The summed E-state index contributed by atoms with van der Waals surface area (Å²) in [4.78, 5) is 15.6. The van der Waals surface area contributed by atoms with Gasteiger partial charge in [0.25, 0.3) is 5.91 Å². The number of halogens is 2. The van der Waals surface area contributed by atoms with E-state index < -0.39 is 5.91 Å². The Morgan fingerprint density at radius 3 is 2.75 bits per heavy atom. The summed E-state index contributed by atoms with van der Waals surface area (Å²) in [5, 5.41) is 0. The largest absolute Gasteiger partial charge is 0.364 e. The number of amides is 1. The summed E-state index contributed by atoms with van der Waals surface area (Å²) in [6, 6.07) is 6.24. The molecule has 0 unspecified atom stereocenters. The lowest BCUT2D eigenvalue weighted by Gasteiger charge is -2.00. The Morgan fingerprint density at radius 1 is 1.44 bits per heavy atom. The van der Waals surface area contributed by atoms with Crippen LogP contribution < -0.4 is 5.73 Å². The van der Waals surface area contributed by atoms with Crippen LogP contribution in [0.5, 0.6) is 0 Å². The SMILES string of the molecule is NC(=O)c1nc(I)sc1-c1ccccc1F.